The maximum Gasteiger partial charge on any atom is 1.00 e. The standard InChI is InChI=1S/C40H52F4N6O9S.K.H/c1-7-22-27-19-50(28(22)32(51)48-39(18-23(39)31(41)42)35(53)49-60(55,56)38(5)14-15-38)34(52)30(37(2,3)4)47-36(54)59-26-16-20(26)10-8-9-13-40(43,44)29-33(58-27)46-25-17-21(57-6)11-12-24(25)45-29;;/h11-12,17,20,22-23,26-28,30-31H,7-10,13-16,18-19H2,1-6H3,(H,47,54)(H,48,51)(H,49,53);;/q;+1;-1/t20-,22-,23+,26-,27+,28+,30-,39-;;/m1../s1. The van der Waals surface area contributed by atoms with E-state index in [4.69, 9.17) is 14.2 Å². The normalized spacial score (nSPS) is 30.8. The van der Waals surface area contributed by atoms with Crippen molar-refractivity contribution in [2.45, 2.75) is 139 Å². The second-order valence-corrected chi connectivity index (χ2v) is 20.4. The fourth-order valence-corrected chi connectivity index (χ4v) is 9.74. The first-order valence-electron chi connectivity index (χ1n) is 20.4. The Morgan fingerprint density at radius 2 is 1.79 bits per heavy atom. The topological polar surface area (TPSA) is 195 Å². The minimum absolute atomic E-state index is 0. The van der Waals surface area contributed by atoms with Gasteiger partial charge in [0.2, 0.25) is 34.1 Å². The summed E-state index contributed by atoms with van der Waals surface area (Å²) >= 11 is 0. The van der Waals surface area contributed by atoms with Crippen molar-refractivity contribution in [1.29, 1.82) is 0 Å². The van der Waals surface area contributed by atoms with Gasteiger partial charge in [0.05, 0.1) is 35.4 Å². The summed E-state index contributed by atoms with van der Waals surface area (Å²) in [6.45, 7) is 7.62. The Kier molecular flexibility index (Phi) is 13.5. The van der Waals surface area contributed by atoms with E-state index < -0.39 is 129 Å². The first-order valence-corrected chi connectivity index (χ1v) is 21.9. The molecule has 332 valence electrons. The Bertz CT molecular complexity index is 2180. The number of methoxy groups -OCH3 is 1. The molecular weight excluding hydrogens is 856 g/mol. The van der Waals surface area contributed by atoms with Crippen LogP contribution in [0.15, 0.2) is 18.2 Å². The Labute approximate surface area is 395 Å². The van der Waals surface area contributed by atoms with Gasteiger partial charge in [-0.2, -0.15) is 8.78 Å². The number of rotatable bonds is 8. The molecule has 0 radical (unpaired) electrons. The number of fused-ring (bicyclic) bond motifs is 5. The average Bonchev–Trinajstić information content (AvgIpc) is 4.12. The third kappa shape index (κ3) is 9.52. The van der Waals surface area contributed by atoms with E-state index >= 15 is 8.78 Å². The van der Waals surface area contributed by atoms with Gasteiger partial charge < -0.3 is 31.2 Å². The molecule has 2 bridgehead atoms. The van der Waals surface area contributed by atoms with Crippen LogP contribution in [0.3, 0.4) is 0 Å². The van der Waals surface area contributed by atoms with Crippen LogP contribution < -0.4 is 76.2 Å². The molecule has 61 heavy (non-hydrogen) atoms. The molecule has 1 aromatic heterocycles. The summed E-state index contributed by atoms with van der Waals surface area (Å²) in [6, 6.07) is 1.59. The summed E-state index contributed by atoms with van der Waals surface area (Å²) in [5, 5.41) is 5.06. The fourth-order valence-electron chi connectivity index (χ4n) is 8.43. The zero-order valence-corrected chi connectivity index (χ0v) is 39.3. The molecule has 4 fully saturated rings. The van der Waals surface area contributed by atoms with Crippen molar-refractivity contribution < 1.29 is 112 Å². The zero-order chi connectivity index (χ0) is 43.7. The van der Waals surface area contributed by atoms with Crippen molar-refractivity contribution in [3.63, 3.8) is 0 Å². The number of amides is 4. The number of nitrogens with zero attached hydrogens (tertiary/aromatic N) is 3. The SMILES string of the molecule is CC[C@@H]1[C@@H]2CN(C(=O)[C@H](C(C)(C)C)NC(=O)O[C@@H]3C[C@H]3CCCCC(F)(F)c3nc4ccc(OC)cc4nc3O2)[C@@H]1C(=O)N[C@]1(C(=O)NS(=O)(=O)C2(C)CC2)C[C@H]1C(F)F.[H-].[K+]. The Morgan fingerprint density at radius 3 is 2.39 bits per heavy atom. The number of alkyl halides is 4. The van der Waals surface area contributed by atoms with E-state index in [9.17, 15) is 36.4 Å². The van der Waals surface area contributed by atoms with E-state index in [1.165, 1.54) is 26.2 Å². The van der Waals surface area contributed by atoms with E-state index in [1.54, 1.807) is 33.8 Å². The number of nitrogens with one attached hydrogen (secondary N) is 3. The molecular formula is C40H53F4KN6O9S. The van der Waals surface area contributed by atoms with Crippen LogP contribution in [-0.4, -0.2) is 102 Å². The van der Waals surface area contributed by atoms with Crippen LogP contribution in [0, 0.1) is 23.2 Å². The minimum atomic E-state index is -4.31. The third-order valence-corrected chi connectivity index (χ3v) is 14.9. The monoisotopic (exact) mass is 908 g/mol. The summed E-state index contributed by atoms with van der Waals surface area (Å²) in [4.78, 5) is 66.3. The quantitative estimate of drug-likeness (QED) is 0.259. The largest absolute Gasteiger partial charge is 1.00 e. The van der Waals surface area contributed by atoms with Gasteiger partial charge in [-0.1, -0.05) is 34.1 Å². The van der Waals surface area contributed by atoms with Gasteiger partial charge >= 0.3 is 57.5 Å². The third-order valence-electron chi connectivity index (χ3n) is 12.8. The predicted molar refractivity (Wildman–Crippen MR) is 208 cm³/mol. The minimum Gasteiger partial charge on any atom is -1.00 e. The molecule has 4 amide bonds. The van der Waals surface area contributed by atoms with Crippen molar-refractivity contribution in [3.8, 4) is 11.6 Å². The molecule has 7 rings (SSSR count). The van der Waals surface area contributed by atoms with E-state index in [0.29, 0.717) is 25.0 Å². The van der Waals surface area contributed by atoms with Crippen LogP contribution in [0.2, 0.25) is 0 Å². The Balaban J connectivity index is 0.00000363. The molecule has 1 aromatic carbocycles. The number of hydrogen-bond acceptors (Lipinski definition) is 11. The molecule has 3 N–H and O–H groups in total. The molecule has 3 saturated carbocycles. The van der Waals surface area contributed by atoms with Gasteiger partial charge in [-0.3, -0.25) is 19.1 Å². The van der Waals surface area contributed by atoms with Crippen molar-refractivity contribution in [2.75, 3.05) is 13.7 Å². The van der Waals surface area contributed by atoms with Crippen LogP contribution in [-0.2, 0) is 35.1 Å². The molecule has 8 atom stereocenters. The molecule has 2 aliphatic heterocycles. The molecule has 0 unspecified atom stereocenters. The van der Waals surface area contributed by atoms with Crippen LogP contribution in [0.25, 0.3) is 11.0 Å². The first kappa shape index (κ1) is 47.6. The van der Waals surface area contributed by atoms with Crippen LogP contribution in [0.4, 0.5) is 22.4 Å². The number of halogens is 4. The Morgan fingerprint density at radius 1 is 1.08 bits per heavy atom. The van der Waals surface area contributed by atoms with Crippen molar-refractivity contribution in [3.05, 3.63) is 23.9 Å². The second-order valence-electron chi connectivity index (χ2n) is 18.2. The molecule has 0 spiro atoms. The maximum absolute atomic E-state index is 16.3. The van der Waals surface area contributed by atoms with Gasteiger partial charge in [0, 0.05) is 18.4 Å². The number of aromatic nitrogens is 2. The first-order chi connectivity index (χ1) is 28.0. The van der Waals surface area contributed by atoms with E-state index in [1.807, 2.05) is 4.72 Å². The fraction of sp³-hybridized carbons (Fsp3) is 0.700. The molecule has 15 nitrogen and oxygen atoms in total. The van der Waals surface area contributed by atoms with Gasteiger partial charge in [0.25, 0.3) is 11.8 Å². The van der Waals surface area contributed by atoms with Gasteiger partial charge in [-0.05, 0) is 75.3 Å². The molecule has 5 aliphatic rings. The van der Waals surface area contributed by atoms with Crippen molar-refractivity contribution in [1.82, 2.24) is 30.2 Å². The van der Waals surface area contributed by atoms with Crippen molar-refractivity contribution >= 4 is 44.9 Å². The summed E-state index contributed by atoms with van der Waals surface area (Å²) in [5.74, 6) is -9.85. The number of carbonyl (C=O) groups is 4. The van der Waals surface area contributed by atoms with E-state index in [2.05, 4.69) is 20.6 Å². The zero-order valence-electron chi connectivity index (χ0n) is 36.4. The Hall–Kier alpha value is -2.85. The summed E-state index contributed by atoms with van der Waals surface area (Å²) in [5.41, 5.74) is -3.83. The van der Waals surface area contributed by atoms with E-state index in [-0.39, 0.29) is 95.4 Å². The second kappa shape index (κ2) is 17.3. The number of alkyl carbamates (subject to hydrolysis) is 1. The molecule has 2 aromatic rings. The summed E-state index contributed by atoms with van der Waals surface area (Å²) < 4.78 is 105. The number of hydrogen-bond donors (Lipinski definition) is 3. The van der Waals surface area contributed by atoms with Crippen LogP contribution in [0.1, 0.15) is 99.5 Å². The number of ether oxygens (including phenoxy) is 3. The van der Waals surface area contributed by atoms with Crippen molar-refractivity contribution in [2.24, 2.45) is 23.2 Å². The number of sulfonamides is 1. The summed E-state index contributed by atoms with van der Waals surface area (Å²) in [7, 11) is -2.89. The molecule has 21 heteroatoms. The summed E-state index contributed by atoms with van der Waals surface area (Å²) in [6.07, 6.45) is -4.91. The van der Waals surface area contributed by atoms with E-state index in [0.717, 1.165) is 4.90 Å². The number of benzene rings is 1. The predicted octanol–water partition coefficient (Wildman–Crippen LogP) is 2.07. The number of carbonyl (C=O) groups excluding carboxylic acids is 4. The molecule has 1 saturated heterocycles. The van der Waals surface area contributed by atoms with Gasteiger partial charge in [0.15, 0.2) is 5.69 Å². The molecule has 3 heterocycles. The van der Waals surface area contributed by atoms with Gasteiger partial charge in [-0.15, -0.1) is 0 Å². The van der Waals surface area contributed by atoms with Gasteiger partial charge in [-0.25, -0.2) is 32.0 Å². The van der Waals surface area contributed by atoms with Gasteiger partial charge in [0.1, 0.15) is 35.6 Å². The maximum atomic E-state index is 16.3. The van der Waals surface area contributed by atoms with Crippen LogP contribution >= 0.6 is 0 Å². The molecule has 3 aliphatic carbocycles. The average molecular weight is 909 g/mol. The van der Waals surface area contributed by atoms with Crippen LogP contribution in [0.5, 0.6) is 11.6 Å². The smallest absolute Gasteiger partial charge is 1.00 e.